The highest BCUT2D eigenvalue weighted by molar-refractivity contribution is 5.70. The molecule has 1 saturated heterocycles. The van der Waals surface area contributed by atoms with Gasteiger partial charge in [0.25, 0.3) is 0 Å². The Morgan fingerprint density at radius 1 is 1.30 bits per heavy atom. The molecular weight excluding hydrogens is 295 g/mol. The summed E-state index contributed by atoms with van der Waals surface area (Å²) >= 11 is 0. The molecule has 3 aromatic rings. The molecule has 4 nitrogen and oxygen atoms in total. The van der Waals surface area contributed by atoms with Crippen LogP contribution in [0.4, 0.5) is 4.39 Å². The van der Waals surface area contributed by atoms with Crippen molar-refractivity contribution in [1.82, 2.24) is 9.38 Å². The van der Waals surface area contributed by atoms with Crippen molar-refractivity contribution >= 4 is 5.65 Å². The van der Waals surface area contributed by atoms with E-state index in [1.165, 1.54) is 12.1 Å². The molecule has 4 rings (SSSR count). The molecule has 0 spiro atoms. The lowest BCUT2D eigenvalue weighted by atomic mass is 10.1. The molecule has 1 aliphatic heterocycles. The molecule has 1 aromatic carbocycles. The third kappa shape index (κ3) is 2.80. The maximum Gasteiger partial charge on any atom is 0.137 e. The first kappa shape index (κ1) is 14.2. The van der Waals surface area contributed by atoms with Crippen molar-refractivity contribution in [2.75, 3.05) is 19.8 Å². The monoisotopic (exact) mass is 312 g/mol. The molecule has 1 atom stereocenters. The molecular formula is C18H17FN2O2. The van der Waals surface area contributed by atoms with Crippen molar-refractivity contribution in [2.24, 2.45) is 5.92 Å². The Bertz CT molecular complexity index is 825. The molecule has 0 aliphatic carbocycles. The van der Waals surface area contributed by atoms with Gasteiger partial charge in [-0.05, 0) is 36.8 Å². The maximum absolute atomic E-state index is 13.8. The Kier molecular flexibility index (Phi) is 3.71. The molecule has 0 bridgehead atoms. The predicted molar refractivity (Wildman–Crippen MR) is 85.0 cm³/mol. The van der Waals surface area contributed by atoms with Gasteiger partial charge in [-0.2, -0.15) is 0 Å². The van der Waals surface area contributed by atoms with Crippen LogP contribution in [-0.2, 0) is 4.74 Å². The van der Waals surface area contributed by atoms with E-state index in [9.17, 15) is 4.39 Å². The van der Waals surface area contributed by atoms with Crippen LogP contribution >= 0.6 is 0 Å². The smallest absolute Gasteiger partial charge is 0.137 e. The first-order valence-electron chi connectivity index (χ1n) is 7.74. The molecule has 1 aliphatic rings. The van der Waals surface area contributed by atoms with Crippen molar-refractivity contribution in [3.05, 3.63) is 54.6 Å². The first-order chi connectivity index (χ1) is 11.3. The number of ether oxygens (including phenoxy) is 2. The van der Waals surface area contributed by atoms with Crippen molar-refractivity contribution in [3.63, 3.8) is 0 Å². The fraction of sp³-hybridized carbons (Fsp3) is 0.278. The van der Waals surface area contributed by atoms with Crippen LogP contribution in [0.15, 0.2) is 48.8 Å². The normalized spacial score (nSPS) is 17.7. The lowest BCUT2D eigenvalue weighted by molar-refractivity contribution is 0.167. The van der Waals surface area contributed by atoms with E-state index in [4.69, 9.17) is 9.47 Å². The van der Waals surface area contributed by atoms with Gasteiger partial charge in [0.2, 0.25) is 0 Å². The van der Waals surface area contributed by atoms with Crippen LogP contribution in [0.25, 0.3) is 16.9 Å². The number of pyridine rings is 1. The molecule has 23 heavy (non-hydrogen) atoms. The number of rotatable bonds is 4. The highest BCUT2D eigenvalue weighted by Gasteiger charge is 2.18. The summed E-state index contributed by atoms with van der Waals surface area (Å²) in [5, 5.41) is 0. The average molecular weight is 312 g/mol. The number of fused-ring (bicyclic) bond motifs is 1. The van der Waals surface area contributed by atoms with E-state index in [2.05, 4.69) is 4.98 Å². The van der Waals surface area contributed by atoms with Crippen LogP contribution < -0.4 is 4.74 Å². The Labute approximate surface area is 133 Å². The summed E-state index contributed by atoms with van der Waals surface area (Å²) in [5.41, 5.74) is 2.41. The summed E-state index contributed by atoms with van der Waals surface area (Å²) in [6, 6.07) is 10.4. The number of benzene rings is 1. The zero-order valence-electron chi connectivity index (χ0n) is 12.6. The summed E-state index contributed by atoms with van der Waals surface area (Å²) in [4.78, 5) is 4.28. The van der Waals surface area contributed by atoms with Crippen molar-refractivity contribution < 1.29 is 13.9 Å². The van der Waals surface area contributed by atoms with Gasteiger partial charge in [0, 0.05) is 30.5 Å². The van der Waals surface area contributed by atoms with Crippen LogP contribution in [0, 0.1) is 11.7 Å². The molecule has 5 heteroatoms. The summed E-state index contributed by atoms with van der Waals surface area (Å²) < 4.78 is 27.1. The lowest BCUT2D eigenvalue weighted by Crippen LogP contribution is -2.12. The third-order valence-corrected chi connectivity index (χ3v) is 4.14. The zero-order chi connectivity index (χ0) is 15.6. The minimum atomic E-state index is -0.284. The highest BCUT2D eigenvalue weighted by Crippen LogP contribution is 2.32. The van der Waals surface area contributed by atoms with Gasteiger partial charge in [-0.1, -0.05) is 6.07 Å². The van der Waals surface area contributed by atoms with Crippen LogP contribution in [0.5, 0.6) is 5.75 Å². The summed E-state index contributed by atoms with van der Waals surface area (Å²) in [5.74, 6) is 0.796. The van der Waals surface area contributed by atoms with E-state index in [-0.39, 0.29) is 5.82 Å². The van der Waals surface area contributed by atoms with Gasteiger partial charge in [-0.3, -0.25) is 4.40 Å². The number of nitrogens with zero attached hydrogens (tertiary/aromatic N) is 2. The maximum atomic E-state index is 13.8. The number of imidazole rings is 1. The highest BCUT2D eigenvalue weighted by atomic mass is 19.1. The molecule has 0 N–H and O–H groups in total. The van der Waals surface area contributed by atoms with Gasteiger partial charge in [-0.25, -0.2) is 9.37 Å². The van der Waals surface area contributed by atoms with Crippen molar-refractivity contribution in [3.8, 4) is 17.0 Å². The Balaban J connectivity index is 1.71. The lowest BCUT2D eigenvalue weighted by Gasteiger charge is -2.15. The quantitative estimate of drug-likeness (QED) is 0.739. The van der Waals surface area contributed by atoms with E-state index >= 15 is 0 Å². The van der Waals surface area contributed by atoms with Gasteiger partial charge >= 0.3 is 0 Å². The molecule has 118 valence electrons. The largest absolute Gasteiger partial charge is 0.493 e. The van der Waals surface area contributed by atoms with E-state index in [1.807, 2.05) is 28.8 Å². The molecule has 3 heterocycles. The molecule has 0 amide bonds. The van der Waals surface area contributed by atoms with Crippen molar-refractivity contribution in [2.45, 2.75) is 6.42 Å². The zero-order valence-corrected chi connectivity index (χ0v) is 12.6. The Hall–Kier alpha value is -2.40. The van der Waals surface area contributed by atoms with Crippen LogP contribution in [0.3, 0.4) is 0 Å². The minimum absolute atomic E-state index is 0.284. The molecule has 1 fully saturated rings. The number of hydrogen-bond acceptors (Lipinski definition) is 3. The second kappa shape index (κ2) is 6.01. The predicted octanol–water partition coefficient (Wildman–Crippen LogP) is 3.56. The minimum Gasteiger partial charge on any atom is -0.493 e. The van der Waals surface area contributed by atoms with E-state index < -0.39 is 0 Å². The van der Waals surface area contributed by atoms with Gasteiger partial charge in [0.15, 0.2) is 0 Å². The Morgan fingerprint density at radius 2 is 2.26 bits per heavy atom. The second-order valence-corrected chi connectivity index (χ2v) is 5.75. The fourth-order valence-corrected chi connectivity index (χ4v) is 2.92. The van der Waals surface area contributed by atoms with Crippen LogP contribution in [0.1, 0.15) is 6.42 Å². The number of halogens is 1. The first-order valence-corrected chi connectivity index (χ1v) is 7.74. The van der Waals surface area contributed by atoms with Crippen LogP contribution in [-0.4, -0.2) is 29.2 Å². The second-order valence-electron chi connectivity index (χ2n) is 5.75. The molecule has 0 saturated carbocycles. The van der Waals surface area contributed by atoms with Crippen molar-refractivity contribution in [1.29, 1.82) is 0 Å². The van der Waals surface area contributed by atoms with E-state index in [0.717, 1.165) is 36.5 Å². The van der Waals surface area contributed by atoms with E-state index in [0.29, 0.717) is 18.3 Å². The number of aromatic nitrogens is 2. The van der Waals surface area contributed by atoms with Gasteiger partial charge < -0.3 is 9.47 Å². The van der Waals surface area contributed by atoms with Crippen LogP contribution in [0.2, 0.25) is 0 Å². The molecule has 1 unspecified atom stereocenters. The topological polar surface area (TPSA) is 35.8 Å². The summed E-state index contributed by atoms with van der Waals surface area (Å²) in [7, 11) is 0. The standard InChI is InChI=1S/C18H17FN2O2/c19-14-4-5-17(23-12-13-6-9-22-11-13)15(10-14)16-2-1-3-18-20-7-8-21(16)18/h1-5,7-8,10,13H,6,9,11-12H2. The molecule has 2 aromatic heterocycles. The summed E-state index contributed by atoms with van der Waals surface area (Å²) in [6.45, 7) is 2.10. The van der Waals surface area contributed by atoms with Gasteiger partial charge in [0.1, 0.15) is 17.2 Å². The third-order valence-electron chi connectivity index (χ3n) is 4.14. The fourth-order valence-electron chi connectivity index (χ4n) is 2.92. The van der Waals surface area contributed by atoms with Gasteiger partial charge in [-0.15, -0.1) is 0 Å². The molecule has 0 radical (unpaired) electrons. The average Bonchev–Trinajstić information content (AvgIpc) is 3.24. The number of hydrogen-bond donors (Lipinski definition) is 0. The Morgan fingerprint density at radius 3 is 3.13 bits per heavy atom. The van der Waals surface area contributed by atoms with E-state index in [1.54, 1.807) is 12.3 Å². The van der Waals surface area contributed by atoms with Gasteiger partial charge in [0.05, 0.1) is 18.9 Å². The SMILES string of the molecule is Fc1ccc(OCC2CCOC2)c(-c2cccc3nccn23)c1. The summed E-state index contributed by atoms with van der Waals surface area (Å²) in [6.07, 6.45) is 4.60.